The molecule has 2 heterocycles. The minimum atomic E-state index is -0.664. The lowest BCUT2D eigenvalue weighted by Crippen LogP contribution is -2.22. The molecule has 0 unspecified atom stereocenters. The number of carbonyl (C=O) groups is 2. The van der Waals surface area contributed by atoms with Crippen LogP contribution in [0.2, 0.25) is 0 Å². The van der Waals surface area contributed by atoms with Gasteiger partial charge in [-0.1, -0.05) is 12.1 Å². The molecule has 0 radical (unpaired) electrons. The van der Waals surface area contributed by atoms with Crippen LogP contribution in [0, 0.1) is 10.1 Å². The molecule has 25 heavy (non-hydrogen) atoms. The lowest BCUT2D eigenvalue weighted by atomic mass is 10.1. The second kappa shape index (κ2) is 7.11. The van der Waals surface area contributed by atoms with Crippen molar-refractivity contribution in [3.05, 3.63) is 50.4 Å². The van der Waals surface area contributed by atoms with Crippen LogP contribution in [0.25, 0.3) is 0 Å². The highest BCUT2D eigenvalue weighted by atomic mass is 32.2. The summed E-state index contributed by atoms with van der Waals surface area (Å²) in [5.74, 6) is 1.07. The van der Waals surface area contributed by atoms with Gasteiger partial charge in [0, 0.05) is 16.7 Å². The molecule has 2 aromatic rings. The summed E-state index contributed by atoms with van der Waals surface area (Å²) >= 11 is 3.07. The third-order valence-electron chi connectivity index (χ3n) is 3.64. The number of hydrogen-bond donors (Lipinski definition) is 3. The molecule has 0 saturated carbocycles. The lowest BCUT2D eigenvalue weighted by molar-refractivity contribution is -0.383. The number of primary amides is 1. The van der Waals surface area contributed by atoms with E-state index in [9.17, 15) is 19.7 Å². The number of anilines is 2. The number of nitrogens with one attached hydrogen (secondary N) is 2. The van der Waals surface area contributed by atoms with Gasteiger partial charge in [0.15, 0.2) is 0 Å². The Morgan fingerprint density at radius 1 is 1.24 bits per heavy atom. The van der Waals surface area contributed by atoms with Gasteiger partial charge in [0.2, 0.25) is 0 Å². The molecule has 10 heteroatoms. The summed E-state index contributed by atoms with van der Waals surface area (Å²) in [4.78, 5) is 35.5. The van der Waals surface area contributed by atoms with Gasteiger partial charge < -0.3 is 11.1 Å². The van der Waals surface area contributed by atoms with Crippen molar-refractivity contribution in [3.63, 3.8) is 0 Å². The minimum Gasteiger partial charge on any atom is -0.365 e. The molecule has 130 valence electrons. The predicted molar refractivity (Wildman–Crippen MR) is 98.4 cm³/mol. The smallest absolute Gasteiger partial charge is 0.324 e. The molecule has 0 atom stereocenters. The monoisotopic (exact) mass is 378 g/mol. The van der Waals surface area contributed by atoms with Crippen LogP contribution >= 0.6 is 23.1 Å². The Morgan fingerprint density at radius 3 is 2.72 bits per heavy atom. The zero-order valence-electron chi connectivity index (χ0n) is 12.9. The number of nitro benzene ring substituents is 1. The van der Waals surface area contributed by atoms with Crippen LogP contribution < -0.4 is 16.4 Å². The van der Waals surface area contributed by atoms with E-state index >= 15 is 0 Å². The van der Waals surface area contributed by atoms with E-state index in [1.807, 2.05) is 0 Å². The second-order valence-electron chi connectivity index (χ2n) is 5.23. The Hall–Kier alpha value is -2.59. The van der Waals surface area contributed by atoms with Crippen molar-refractivity contribution < 1.29 is 14.5 Å². The van der Waals surface area contributed by atoms with Gasteiger partial charge in [-0.25, -0.2) is 4.79 Å². The summed E-state index contributed by atoms with van der Waals surface area (Å²) in [5, 5.41) is 16.4. The Balaban J connectivity index is 1.84. The average Bonchev–Trinajstić information content (AvgIpc) is 2.92. The van der Waals surface area contributed by atoms with Crippen molar-refractivity contribution >= 4 is 51.4 Å². The number of fused-ring (bicyclic) bond motifs is 1. The van der Waals surface area contributed by atoms with E-state index in [4.69, 9.17) is 5.73 Å². The Morgan fingerprint density at radius 2 is 2.00 bits per heavy atom. The fourth-order valence-corrected chi connectivity index (χ4v) is 4.96. The van der Waals surface area contributed by atoms with Crippen LogP contribution in [0.15, 0.2) is 24.3 Å². The number of hydrogen-bond acceptors (Lipinski definition) is 6. The van der Waals surface area contributed by atoms with Gasteiger partial charge >= 0.3 is 6.03 Å². The zero-order valence-corrected chi connectivity index (χ0v) is 14.5. The predicted octanol–water partition coefficient (Wildman–Crippen LogP) is 3.19. The minimum absolute atomic E-state index is 0.0718. The number of thioether (sulfide) groups is 1. The third kappa shape index (κ3) is 3.59. The molecular formula is C15H14N4O4S2. The fourth-order valence-electron chi connectivity index (χ4n) is 2.58. The average molecular weight is 378 g/mol. The van der Waals surface area contributed by atoms with Gasteiger partial charge in [0.25, 0.3) is 11.6 Å². The molecule has 0 fully saturated rings. The molecule has 8 nitrogen and oxygen atoms in total. The number of nitrogens with two attached hydrogens (primary N) is 1. The molecular weight excluding hydrogens is 364 g/mol. The number of carbonyl (C=O) groups excluding carboxylic acids is 2. The standard InChI is InChI=1S/C15H14N4O4S2/c16-13(20)12-8-5-6-24-7-11(8)25-14(12)18-15(21)17-9-3-1-2-4-10(9)19(22)23/h1-4H,5-7H2,(H2,16,20)(H2,17,18,21). The van der Waals surface area contributed by atoms with Gasteiger partial charge in [0.05, 0.1) is 10.5 Å². The van der Waals surface area contributed by atoms with Crippen molar-refractivity contribution in [1.29, 1.82) is 0 Å². The van der Waals surface area contributed by atoms with Crippen molar-refractivity contribution in [1.82, 2.24) is 0 Å². The highest BCUT2D eigenvalue weighted by molar-refractivity contribution is 7.98. The number of rotatable bonds is 4. The molecule has 4 N–H and O–H groups in total. The van der Waals surface area contributed by atoms with E-state index in [-0.39, 0.29) is 11.4 Å². The molecule has 0 saturated heterocycles. The molecule has 1 aliphatic rings. The first kappa shape index (κ1) is 17.2. The number of para-hydroxylation sites is 2. The van der Waals surface area contributed by atoms with Crippen LogP contribution in [0.3, 0.4) is 0 Å². The number of nitro groups is 1. The summed E-state index contributed by atoms with van der Waals surface area (Å²) in [5.41, 5.74) is 6.55. The molecule has 3 amide bonds. The molecule has 0 aliphatic carbocycles. The first-order valence-electron chi connectivity index (χ1n) is 7.31. The highest BCUT2D eigenvalue weighted by Crippen LogP contribution is 2.39. The van der Waals surface area contributed by atoms with Crippen molar-refractivity contribution in [2.75, 3.05) is 16.4 Å². The number of thiophene rings is 1. The van der Waals surface area contributed by atoms with E-state index < -0.39 is 16.9 Å². The summed E-state index contributed by atoms with van der Waals surface area (Å²) in [6.07, 6.45) is 0.724. The Kier molecular flexibility index (Phi) is 4.91. The van der Waals surface area contributed by atoms with E-state index in [1.54, 1.807) is 17.8 Å². The van der Waals surface area contributed by atoms with Gasteiger partial charge in [0.1, 0.15) is 10.7 Å². The first-order valence-corrected chi connectivity index (χ1v) is 9.28. The number of urea groups is 1. The number of amides is 3. The van der Waals surface area contributed by atoms with Crippen LogP contribution in [-0.2, 0) is 12.2 Å². The number of nitrogens with zero attached hydrogens (tertiary/aromatic N) is 1. The van der Waals surface area contributed by atoms with E-state index in [1.165, 1.54) is 29.5 Å². The zero-order chi connectivity index (χ0) is 18.0. The van der Waals surface area contributed by atoms with Crippen molar-refractivity contribution in [3.8, 4) is 0 Å². The van der Waals surface area contributed by atoms with E-state index in [0.29, 0.717) is 10.6 Å². The molecule has 0 bridgehead atoms. The van der Waals surface area contributed by atoms with Gasteiger partial charge in [-0.2, -0.15) is 11.8 Å². The largest absolute Gasteiger partial charge is 0.365 e. The summed E-state index contributed by atoms with van der Waals surface area (Å²) in [7, 11) is 0. The Labute approximate surface area is 150 Å². The maximum absolute atomic E-state index is 12.2. The molecule has 1 aromatic heterocycles. The summed E-state index contributed by atoms with van der Waals surface area (Å²) in [6, 6.07) is 5.16. The SMILES string of the molecule is NC(=O)c1c(NC(=O)Nc2ccccc2[N+](=O)[O-])sc2c1CCSC2. The highest BCUT2D eigenvalue weighted by Gasteiger charge is 2.25. The topological polar surface area (TPSA) is 127 Å². The molecule has 0 spiro atoms. The van der Waals surface area contributed by atoms with Crippen LogP contribution in [-0.4, -0.2) is 22.6 Å². The van der Waals surface area contributed by atoms with Crippen LogP contribution in [0.4, 0.5) is 21.2 Å². The maximum Gasteiger partial charge on any atom is 0.324 e. The van der Waals surface area contributed by atoms with Crippen LogP contribution in [0.5, 0.6) is 0 Å². The molecule has 1 aliphatic heterocycles. The fraction of sp³-hybridized carbons (Fsp3) is 0.200. The number of benzene rings is 1. The Bertz CT molecular complexity index is 865. The van der Waals surface area contributed by atoms with Gasteiger partial charge in [-0.05, 0) is 23.8 Å². The van der Waals surface area contributed by atoms with E-state index in [2.05, 4.69) is 10.6 Å². The first-order chi connectivity index (χ1) is 12.0. The lowest BCUT2D eigenvalue weighted by Gasteiger charge is -2.11. The van der Waals surface area contributed by atoms with Gasteiger partial charge in [-0.15, -0.1) is 11.3 Å². The quantitative estimate of drug-likeness (QED) is 0.556. The summed E-state index contributed by atoms with van der Waals surface area (Å²) < 4.78 is 0. The second-order valence-corrected chi connectivity index (χ2v) is 7.44. The normalized spacial score (nSPS) is 13.0. The van der Waals surface area contributed by atoms with Gasteiger partial charge in [-0.3, -0.25) is 20.2 Å². The van der Waals surface area contributed by atoms with E-state index in [0.717, 1.165) is 28.4 Å². The molecule has 3 rings (SSSR count). The van der Waals surface area contributed by atoms with Crippen LogP contribution in [0.1, 0.15) is 20.8 Å². The van der Waals surface area contributed by atoms with Crippen molar-refractivity contribution in [2.45, 2.75) is 12.2 Å². The third-order valence-corrected chi connectivity index (χ3v) is 5.96. The summed E-state index contributed by atoms with van der Waals surface area (Å²) in [6.45, 7) is 0. The van der Waals surface area contributed by atoms with Crippen molar-refractivity contribution in [2.24, 2.45) is 5.73 Å². The molecule has 1 aromatic carbocycles. The maximum atomic E-state index is 12.2.